The molecule has 0 bridgehead atoms. The Balaban J connectivity index is 1.62. The largest absolute Gasteiger partial charge is 0.402 e. The third-order valence-corrected chi connectivity index (χ3v) is 5.39. The molecule has 0 aliphatic rings. The number of hydrogen-bond donors (Lipinski definition) is 2. The maximum atomic E-state index is 12.4. The topological polar surface area (TPSA) is 93.1 Å². The second kappa shape index (κ2) is 8.67. The predicted octanol–water partition coefficient (Wildman–Crippen LogP) is 3.02. The minimum absolute atomic E-state index is 0.283. The molecule has 0 unspecified atom stereocenters. The zero-order valence-electron chi connectivity index (χ0n) is 15.4. The molecule has 0 spiro atoms. The zero-order chi connectivity index (χ0) is 21.8. The van der Waals surface area contributed by atoms with E-state index in [1.165, 1.54) is 23.1 Å². The number of hydrogen-bond acceptors (Lipinski definition) is 4. The van der Waals surface area contributed by atoms with Crippen molar-refractivity contribution in [2.45, 2.75) is 17.6 Å². The Hall–Kier alpha value is -3.18. The van der Waals surface area contributed by atoms with Crippen LogP contribution < -0.4 is 10.0 Å². The number of nitrogens with zero attached hydrogens (tertiary/aromatic N) is 2. The highest BCUT2D eigenvalue weighted by Gasteiger charge is 2.30. The first-order chi connectivity index (χ1) is 14.1. The number of carbonyl (C=O) groups is 1. The fourth-order valence-corrected chi connectivity index (χ4v) is 3.53. The Labute approximate surface area is 170 Å². The summed E-state index contributed by atoms with van der Waals surface area (Å²) < 4.78 is 63.5. The zero-order valence-corrected chi connectivity index (χ0v) is 16.2. The summed E-state index contributed by atoms with van der Waals surface area (Å²) in [6.07, 6.45) is -1.69. The number of halogens is 3. The monoisotopic (exact) mass is 438 g/mol. The van der Waals surface area contributed by atoms with Gasteiger partial charge in [0.1, 0.15) is 6.54 Å². The summed E-state index contributed by atoms with van der Waals surface area (Å²) >= 11 is 0. The van der Waals surface area contributed by atoms with Crippen LogP contribution in [0.25, 0.3) is 0 Å². The maximum absolute atomic E-state index is 12.4. The van der Waals surface area contributed by atoms with Crippen LogP contribution in [-0.2, 0) is 16.6 Å². The fourth-order valence-electron chi connectivity index (χ4n) is 2.52. The number of aromatic nitrogens is 2. The predicted molar refractivity (Wildman–Crippen MR) is 103 cm³/mol. The van der Waals surface area contributed by atoms with Crippen molar-refractivity contribution in [1.82, 2.24) is 14.5 Å². The van der Waals surface area contributed by atoms with Crippen molar-refractivity contribution in [3.05, 3.63) is 78.1 Å². The molecule has 0 aliphatic carbocycles. The van der Waals surface area contributed by atoms with Gasteiger partial charge in [-0.05, 0) is 29.8 Å². The highest BCUT2D eigenvalue weighted by atomic mass is 32.2. The van der Waals surface area contributed by atoms with Gasteiger partial charge in [-0.1, -0.05) is 30.3 Å². The van der Waals surface area contributed by atoms with Crippen LogP contribution in [-0.4, -0.2) is 36.8 Å². The van der Waals surface area contributed by atoms with Gasteiger partial charge in [-0.3, -0.25) is 9.48 Å². The third-order valence-electron chi connectivity index (χ3n) is 3.97. The van der Waals surface area contributed by atoms with Crippen molar-refractivity contribution in [3.8, 4) is 0 Å². The van der Waals surface area contributed by atoms with Crippen LogP contribution >= 0.6 is 0 Å². The average molecular weight is 438 g/mol. The molecule has 1 aromatic heterocycles. The van der Waals surface area contributed by atoms with E-state index >= 15 is 0 Å². The summed E-state index contributed by atoms with van der Waals surface area (Å²) in [5.41, 5.74) is 1.60. The van der Waals surface area contributed by atoms with E-state index in [1.807, 2.05) is 30.3 Å². The molecule has 3 rings (SSSR count). The van der Waals surface area contributed by atoms with E-state index in [2.05, 4.69) is 10.4 Å². The van der Waals surface area contributed by atoms with Crippen LogP contribution in [0.2, 0.25) is 0 Å². The van der Waals surface area contributed by atoms with E-state index < -0.39 is 28.7 Å². The van der Waals surface area contributed by atoms with Crippen molar-refractivity contribution < 1.29 is 26.4 Å². The highest BCUT2D eigenvalue weighted by molar-refractivity contribution is 7.89. The van der Waals surface area contributed by atoms with Gasteiger partial charge in [-0.2, -0.15) is 18.3 Å². The Morgan fingerprint density at radius 2 is 1.70 bits per heavy atom. The average Bonchev–Trinajstić information content (AvgIpc) is 3.16. The van der Waals surface area contributed by atoms with Gasteiger partial charge in [0, 0.05) is 11.9 Å². The molecule has 3 aromatic rings. The van der Waals surface area contributed by atoms with Crippen LogP contribution in [0.1, 0.15) is 15.9 Å². The molecule has 0 fully saturated rings. The lowest BCUT2D eigenvalue weighted by molar-refractivity contribution is -0.121. The molecule has 1 heterocycles. The lowest BCUT2D eigenvalue weighted by Gasteiger charge is -2.10. The standard InChI is InChI=1S/C19H17F3N4O3S/c20-19(21,22)13-24-30(28,29)17-8-6-16(7-9-17)25-18(27)15-10-23-26(12-15)11-14-4-2-1-3-5-14/h1-10,12,24H,11,13H2,(H,25,27). The number of alkyl halides is 3. The summed E-state index contributed by atoms with van der Waals surface area (Å²) in [4.78, 5) is 12.0. The number of rotatable bonds is 7. The Bertz CT molecular complexity index is 1110. The molecule has 11 heteroatoms. The molecule has 2 N–H and O–H groups in total. The van der Waals surface area contributed by atoms with Gasteiger partial charge in [0.15, 0.2) is 0 Å². The number of benzene rings is 2. The summed E-state index contributed by atoms with van der Waals surface area (Å²) in [7, 11) is -4.31. The Morgan fingerprint density at radius 3 is 2.33 bits per heavy atom. The van der Waals surface area contributed by atoms with Gasteiger partial charge in [0.05, 0.1) is 23.2 Å². The maximum Gasteiger partial charge on any atom is 0.402 e. The van der Waals surface area contributed by atoms with Crippen molar-refractivity contribution >= 4 is 21.6 Å². The summed E-state index contributed by atoms with van der Waals surface area (Å²) in [6.45, 7) is -1.17. The summed E-state index contributed by atoms with van der Waals surface area (Å²) in [6, 6.07) is 14.3. The van der Waals surface area contributed by atoms with Crippen molar-refractivity contribution in [3.63, 3.8) is 0 Å². The smallest absolute Gasteiger partial charge is 0.322 e. The molecule has 0 saturated heterocycles. The van der Waals surface area contributed by atoms with Gasteiger partial charge in [-0.25, -0.2) is 13.1 Å². The third kappa shape index (κ3) is 5.91. The van der Waals surface area contributed by atoms with E-state index in [9.17, 15) is 26.4 Å². The molecule has 2 aromatic carbocycles. The highest BCUT2D eigenvalue weighted by Crippen LogP contribution is 2.17. The van der Waals surface area contributed by atoms with Crippen molar-refractivity contribution in [2.24, 2.45) is 0 Å². The number of carbonyl (C=O) groups excluding carboxylic acids is 1. The van der Waals surface area contributed by atoms with Gasteiger partial charge in [0.25, 0.3) is 5.91 Å². The van der Waals surface area contributed by atoms with Gasteiger partial charge >= 0.3 is 6.18 Å². The lowest BCUT2D eigenvalue weighted by Crippen LogP contribution is -2.33. The number of nitrogens with one attached hydrogen (secondary N) is 2. The minimum Gasteiger partial charge on any atom is -0.322 e. The molecule has 0 radical (unpaired) electrons. The fraction of sp³-hybridized carbons (Fsp3) is 0.158. The molecule has 0 aliphatic heterocycles. The van der Waals surface area contributed by atoms with Crippen LogP contribution in [0, 0.1) is 0 Å². The van der Waals surface area contributed by atoms with E-state index in [1.54, 1.807) is 10.9 Å². The lowest BCUT2D eigenvalue weighted by atomic mass is 10.2. The van der Waals surface area contributed by atoms with E-state index in [-0.39, 0.29) is 10.6 Å². The summed E-state index contributed by atoms with van der Waals surface area (Å²) in [5.74, 6) is -0.458. The Kier molecular flexibility index (Phi) is 6.22. The van der Waals surface area contributed by atoms with E-state index in [0.717, 1.165) is 17.7 Å². The quantitative estimate of drug-likeness (QED) is 0.593. The van der Waals surface area contributed by atoms with Gasteiger partial charge < -0.3 is 5.32 Å². The molecule has 30 heavy (non-hydrogen) atoms. The van der Waals surface area contributed by atoms with Crippen molar-refractivity contribution in [2.75, 3.05) is 11.9 Å². The second-order valence-corrected chi connectivity index (χ2v) is 8.10. The molecule has 7 nitrogen and oxygen atoms in total. The number of anilines is 1. The second-order valence-electron chi connectivity index (χ2n) is 6.33. The van der Waals surface area contributed by atoms with E-state index in [0.29, 0.717) is 12.1 Å². The molecule has 0 atom stereocenters. The first-order valence-electron chi connectivity index (χ1n) is 8.67. The van der Waals surface area contributed by atoms with Crippen LogP contribution in [0.15, 0.2) is 71.9 Å². The van der Waals surface area contributed by atoms with Crippen LogP contribution in [0.3, 0.4) is 0 Å². The first-order valence-corrected chi connectivity index (χ1v) is 10.1. The van der Waals surface area contributed by atoms with Crippen molar-refractivity contribution in [1.29, 1.82) is 0 Å². The molecule has 158 valence electrons. The molecule has 1 amide bonds. The van der Waals surface area contributed by atoms with Gasteiger partial charge in [0.2, 0.25) is 10.0 Å². The minimum atomic E-state index is -4.66. The molecular formula is C19H17F3N4O3S. The normalized spacial score (nSPS) is 12.0. The van der Waals surface area contributed by atoms with Crippen LogP contribution in [0.5, 0.6) is 0 Å². The van der Waals surface area contributed by atoms with E-state index in [4.69, 9.17) is 0 Å². The summed E-state index contributed by atoms with van der Waals surface area (Å²) in [5, 5.41) is 6.72. The van der Waals surface area contributed by atoms with Crippen LogP contribution in [0.4, 0.5) is 18.9 Å². The van der Waals surface area contributed by atoms with Gasteiger partial charge in [-0.15, -0.1) is 0 Å². The SMILES string of the molecule is O=C(Nc1ccc(S(=O)(=O)NCC(F)(F)F)cc1)c1cnn(Cc2ccccc2)c1. The molecular weight excluding hydrogens is 421 g/mol. The number of sulfonamides is 1. The first kappa shape index (κ1) is 21.5. The molecule has 0 saturated carbocycles. The number of amides is 1. The Morgan fingerprint density at radius 1 is 1.03 bits per heavy atom.